The van der Waals surface area contributed by atoms with E-state index in [1.165, 1.54) is 19.3 Å². The first-order valence-corrected chi connectivity index (χ1v) is 7.74. The second-order valence-electron chi connectivity index (χ2n) is 6.56. The van der Waals surface area contributed by atoms with Gasteiger partial charge >= 0.3 is 0 Å². The predicted octanol–water partition coefficient (Wildman–Crippen LogP) is 3.09. The maximum absolute atomic E-state index is 12.8. The molecule has 1 amide bonds. The number of benzene rings is 1. The van der Waals surface area contributed by atoms with Gasteiger partial charge in [0.15, 0.2) is 0 Å². The summed E-state index contributed by atoms with van der Waals surface area (Å²) < 4.78 is 0. The fourth-order valence-corrected chi connectivity index (χ4v) is 3.43. The highest BCUT2D eigenvalue weighted by atomic mass is 16.2. The fraction of sp³-hybridized carbons (Fsp3) is 0.588. The maximum atomic E-state index is 12.8. The average Bonchev–Trinajstić information content (AvgIpc) is 2.75. The van der Waals surface area contributed by atoms with Gasteiger partial charge in [-0.25, -0.2) is 0 Å². The van der Waals surface area contributed by atoms with Gasteiger partial charge in [-0.1, -0.05) is 50.6 Å². The van der Waals surface area contributed by atoms with Crippen molar-refractivity contribution in [1.29, 1.82) is 0 Å². The number of rotatable bonds is 4. The standard InChI is InChI=1S/C17H24N2O/c1-3-14-18-15(13-8-5-4-6-9-13)16(20)19(14)12-17(2)10-7-11-17/h4-6,8-9,14-15,18H,3,7,10-12H2,1-2H3. The topological polar surface area (TPSA) is 32.3 Å². The number of carbonyl (C=O) groups is 1. The Balaban J connectivity index is 1.78. The molecule has 1 aliphatic carbocycles. The monoisotopic (exact) mass is 272 g/mol. The van der Waals surface area contributed by atoms with Crippen molar-refractivity contribution in [2.75, 3.05) is 6.54 Å². The van der Waals surface area contributed by atoms with Gasteiger partial charge in [0.1, 0.15) is 6.04 Å². The molecule has 3 nitrogen and oxygen atoms in total. The van der Waals surface area contributed by atoms with Crippen molar-refractivity contribution >= 4 is 5.91 Å². The minimum atomic E-state index is -0.162. The van der Waals surface area contributed by atoms with E-state index in [0.717, 1.165) is 18.5 Å². The second-order valence-corrected chi connectivity index (χ2v) is 6.56. The van der Waals surface area contributed by atoms with Crippen LogP contribution >= 0.6 is 0 Å². The smallest absolute Gasteiger partial charge is 0.245 e. The quantitative estimate of drug-likeness (QED) is 0.913. The highest BCUT2D eigenvalue weighted by Crippen LogP contribution is 2.42. The summed E-state index contributed by atoms with van der Waals surface area (Å²) in [5, 5.41) is 3.50. The molecule has 20 heavy (non-hydrogen) atoms. The van der Waals surface area contributed by atoms with E-state index in [1.807, 2.05) is 30.3 Å². The van der Waals surface area contributed by atoms with Gasteiger partial charge in [-0.05, 0) is 30.2 Å². The lowest BCUT2D eigenvalue weighted by atomic mass is 9.70. The first kappa shape index (κ1) is 13.6. The SMILES string of the molecule is CCC1NC(c2ccccc2)C(=O)N1CC1(C)CCC1. The van der Waals surface area contributed by atoms with Crippen molar-refractivity contribution in [1.82, 2.24) is 10.2 Å². The summed E-state index contributed by atoms with van der Waals surface area (Å²) in [7, 11) is 0. The molecule has 3 heteroatoms. The summed E-state index contributed by atoms with van der Waals surface area (Å²) in [6.07, 6.45) is 4.97. The van der Waals surface area contributed by atoms with Gasteiger partial charge in [0.25, 0.3) is 0 Å². The van der Waals surface area contributed by atoms with Crippen molar-refractivity contribution in [3.05, 3.63) is 35.9 Å². The van der Waals surface area contributed by atoms with Crippen LogP contribution in [-0.2, 0) is 4.79 Å². The van der Waals surface area contributed by atoms with Gasteiger partial charge in [0.05, 0.1) is 6.17 Å². The number of nitrogens with one attached hydrogen (secondary N) is 1. The second kappa shape index (κ2) is 5.21. The molecule has 1 aromatic rings. The van der Waals surface area contributed by atoms with Crippen LogP contribution in [0, 0.1) is 5.41 Å². The van der Waals surface area contributed by atoms with Crippen LogP contribution in [0.2, 0.25) is 0 Å². The highest BCUT2D eigenvalue weighted by molar-refractivity contribution is 5.85. The molecule has 1 saturated carbocycles. The molecule has 0 bridgehead atoms. The van der Waals surface area contributed by atoms with E-state index in [9.17, 15) is 4.79 Å². The Hall–Kier alpha value is -1.35. The first-order valence-electron chi connectivity index (χ1n) is 7.74. The van der Waals surface area contributed by atoms with Crippen LogP contribution in [0.15, 0.2) is 30.3 Å². The molecule has 1 N–H and O–H groups in total. The van der Waals surface area contributed by atoms with Gasteiger partial charge in [0, 0.05) is 6.54 Å². The Morgan fingerprint density at radius 1 is 1.30 bits per heavy atom. The normalized spacial score (nSPS) is 28.5. The largest absolute Gasteiger partial charge is 0.325 e. The number of amides is 1. The number of hydrogen-bond donors (Lipinski definition) is 1. The molecule has 0 aromatic heterocycles. The number of carbonyl (C=O) groups excluding carboxylic acids is 1. The molecule has 3 rings (SSSR count). The molecule has 1 saturated heterocycles. The summed E-state index contributed by atoms with van der Waals surface area (Å²) in [4.78, 5) is 14.8. The van der Waals surface area contributed by atoms with E-state index < -0.39 is 0 Å². The minimum Gasteiger partial charge on any atom is -0.325 e. The van der Waals surface area contributed by atoms with Crippen LogP contribution in [0.1, 0.15) is 51.1 Å². The van der Waals surface area contributed by atoms with Crippen molar-refractivity contribution < 1.29 is 4.79 Å². The molecule has 2 fully saturated rings. The summed E-state index contributed by atoms with van der Waals surface area (Å²) in [5.74, 6) is 0.246. The van der Waals surface area contributed by atoms with Gasteiger partial charge in [-0.3, -0.25) is 10.1 Å². The predicted molar refractivity (Wildman–Crippen MR) is 80.1 cm³/mol. The summed E-state index contributed by atoms with van der Waals surface area (Å²) in [6, 6.07) is 9.91. The van der Waals surface area contributed by atoms with E-state index in [-0.39, 0.29) is 18.1 Å². The van der Waals surface area contributed by atoms with Crippen LogP contribution in [-0.4, -0.2) is 23.5 Å². The van der Waals surface area contributed by atoms with Crippen LogP contribution in [0.4, 0.5) is 0 Å². The van der Waals surface area contributed by atoms with Gasteiger partial charge in [-0.2, -0.15) is 0 Å². The van der Waals surface area contributed by atoms with Crippen LogP contribution in [0.5, 0.6) is 0 Å². The van der Waals surface area contributed by atoms with E-state index in [4.69, 9.17) is 0 Å². The van der Waals surface area contributed by atoms with Crippen molar-refractivity contribution in [2.24, 2.45) is 5.41 Å². The number of nitrogens with zero attached hydrogens (tertiary/aromatic N) is 1. The highest BCUT2D eigenvalue weighted by Gasteiger charge is 2.43. The Kier molecular flexibility index (Phi) is 3.55. The molecule has 2 unspecified atom stereocenters. The van der Waals surface area contributed by atoms with Crippen molar-refractivity contribution in [3.8, 4) is 0 Å². The molecule has 2 atom stereocenters. The summed E-state index contributed by atoms with van der Waals surface area (Å²) >= 11 is 0. The van der Waals surface area contributed by atoms with Crippen molar-refractivity contribution in [2.45, 2.75) is 51.7 Å². The lowest BCUT2D eigenvalue weighted by molar-refractivity contribution is -0.132. The van der Waals surface area contributed by atoms with Crippen LogP contribution in [0.3, 0.4) is 0 Å². The Morgan fingerprint density at radius 2 is 2.00 bits per heavy atom. The number of hydrogen-bond acceptors (Lipinski definition) is 2. The van der Waals surface area contributed by atoms with Gasteiger partial charge in [-0.15, -0.1) is 0 Å². The molecule has 2 aliphatic rings. The van der Waals surface area contributed by atoms with Gasteiger partial charge in [0.2, 0.25) is 5.91 Å². The van der Waals surface area contributed by atoms with E-state index in [1.54, 1.807) is 0 Å². The molecule has 0 spiro atoms. The maximum Gasteiger partial charge on any atom is 0.245 e. The molecule has 1 heterocycles. The average molecular weight is 272 g/mol. The summed E-state index contributed by atoms with van der Waals surface area (Å²) in [6.45, 7) is 5.36. The molecule has 108 valence electrons. The first-order chi connectivity index (χ1) is 9.63. The van der Waals surface area contributed by atoms with Crippen molar-refractivity contribution in [3.63, 3.8) is 0 Å². The summed E-state index contributed by atoms with van der Waals surface area (Å²) in [5.41, 5.74) is 1.42. The zero-order valence-corrected chi connectivity index (χ0v) is 12.4. The zero-order chi connectivity index (χ0) is 14.2. The lowest BCUT2D eigenvalue weighted by Gasteiger charge is -2.42. The fourth-order valence-electron chi connectivity index (χ4n) is 3.43. The molecule has 1 aromatic carbocycles. The van der Waals surface area contributed by atoms with E-state index in [0.29, 0.717) is 5.41 Å². The van der Waals surface area contributed by atoms with Gasteiger partial charge < -0.3 is 4.90 Å². The van der Waals surface area contributed by atoms with E-state index in [2.05, 4.69) is 24.1 Å². The zero-order valence-electron chi connectivity index (χ0n) is 12.4. The minimum absolute atomic E-state index is 0.162. The molecular formula is C17H24N2O. The van der Waals surface area contributed by atoms with Crippen LogP contribution in [0.25, 0.3) is 0 Å². The Bertz CT molecular complexity index is 481. The molecule has 0 radical (unpaired) electrons. The Labute approximate surface area is 121 Å². The molecule has 1 aliphatic heterocycles. The third kappa shape index (κ3) is 2.35. The van der Waals surface area contributed by atoms with E-state index >= 15 is 0 Å². The van der Waals surface area contributed by atoms with Crippen LogP contribution < -0.4 is 5.32 Å². The Morgan fingerprint density at radius 3 is 2.55 bits per heavy atom. The lowest BCUT2D eigenvalue weighted by Crippen LogP contribution is -2.46. The third-order valence-electron chi connectivity index (χ3n) is 4.90. The molecular weight excluding hydrogens is 248 g/mol. The third-order valence-corrected chi connectivity index (χ3v) is 4.90.